The Kier molecular flexibility index (Phi) is 3.51. The van der Waals surface area contributed by atoms with E-state index in [9.17, 15) is 0 Å². The number of aromatic amines is 1. The van der Waals surface area contributed by atoms with Crippen LogP contribution >= 0.6 is 0 Å². The number of aromatic nitrogens is 4. The first-order valence-electron chi connectivity index (χ1n) is 7.23. The summed E-state index contributed by atoms with van der Waals surface area (Å²) in [4.78, 5) is 7.93. The number of H-pyrrole nitrogens is 1. The number of fused-ring (bicyclic) bond motifs is 1. The molecule has 0 spiro atoms. The standard InChI is InChI=1S/C16H21N5/c1-10(16-11(2)20-21(4)12(16)3)17-9-15-18-13-7-5-6-8-14(13)19-15/h5-8,10,17H,9H2,1-4H3,(H,18,19). The van der Waals surface area contributed by atoms with Crippen molar-refractivity contribution in [2.45, 2.75) is 33.4 Å². The van der Waals surface area contributed by atoms with Crippen molar-refractivity contribution >= 4 is 11.0 Å². The highest BCUT2D eigenvalue weighted by Crippen LogP contribution is 2.21. The smallest absolute Gasteiger partial charge is 0.121 e. The lowest BCUT2D eigenvalue weighted by atomic mass is 10.1. The van der Waals surface area contributed by atoms with Crippen molar-refractivity contribution in [3.05, 3.63) is 47.0 Å². The molecule has 0 aliphatic rings. The van der Waals surface area contributed by atoms with Crippen LogP contribution in [0.3, 0.4) is 0 Å². The third-order valence-corrected chi connectivity index (χ3v) is 4.01. The lowest BCUT2D eigenvalue weighted by molar-refractivity contribution is 0.557. The number of hydrogen-bond acceptors (Lipinski definition) is 3. The number of benzene rings is 1. The Bertz CT molecular complexity index is 735. The summed E-state index contributed by atoms with van der Waals surface area (Å²) in [7, 11) is 1.98. The predicted molar refractivity (Wildman–Crippen MR) is 84.0 cm³/mol. The topological polar surface area (TPSA) is 58.5 Å². The van der Waals surface area contributed by atoms with Gasteiger partial charge >= 0.3 is 0 Å². The van der Waals surface area contributed by atoms with Crippen LogP contribution in [-0.2, 0) is 13.6 Å². The number of nitrogens with zero attached hydrogens (tertiary/aromatic N) is 3. The van der Waals surface area contributed by atoms with Crippen LogP contribution in [0.1, 0.15) is 35.7 Å². The summed E-state index contributed by atoms with van der Waals surface area (Å²) in [5, 5.41) is 8.00. The number of hydrogen-bond donors (Lipinski definition) is 2. The van der Waals surface area contributed by atoms with Gasteiger partial charge in [0.15, 0.2) is 0 Å². The molecule has 1 aromatic carbocycles. The molecule has 1 unspecified atom stereocenters. The molecule has 0 saturated heterocycles. The second kappa shape index (κ2) is 5.33. The third kappa shape index (κ3) is 2.56. The second-order valence-corrected chi connectivity index (χ2v) is 5.51. The number of rotatable bonds is 4. The molecule has 0 radical (unpaired) electrons. The fraction of sp³-hybridized carbons (Fsp3) is 0.375. The highest BCUT2D eigenvalue weighted by atomic mass is 15.3. The Morgan fingerprint density at radius 3 is 2.71 bits per heavy atom. The van der Waals surface area contributed by atoms with E-state index in [-0.39, 0.29) is 6.04 Å². The normalized spacial score (nSPS) is 13.0. The van der Waals surface area contributed by atoms with E-state index in [1.807, 2.05) is 36.0 Å². The fourth-order valence-corrected chi connectivity index (χ4v) is 2.86. The molecule has 2 N–H and O–H groups in total. The summed E-state index contributed by atoms with van der Waals surface area (Å²) in [5.41, 5.74) is 5.65. The molecule has 110 valence electrons. The number of nitrogens with one attached hydrogen (secondary N) is 2. The van der Waals surface area contributed by atoms with Gasteiger partial charge in [-0.05, 0) is 32.9 Å². The van der Waals surface area contributed by atoms with E-state index in [0.717, 1.165) is 22.6 Å². The van der Waals surface area contributed by atoms with Crippen LogP contribution in [0.2, 0.25) is 0 Å². The molecule has 3 rings (SSSR count). The highest BCUT2D eigenvalue weighted by Gasteiger charge is 2.16. The van der Waals surface area contributed by atoms with Gasteiger partial charge in [0.2, 0.25) is 0 Å². The first kappa shape index (κ1) is 13.8. The van der Waals surface area contributed by atoms with Crippen LogP contribution in [0.5, 0.6) is 0 Å². The van der Waals surface area contributed by atoms with Gasteiger partial charge in [0.1, 0.15) is 5.82 Å². The molecule has 0 bridgehead atoms. The summed E-state index contributed by atoms with van der Waals surface area (Å²) in [5.74, 6) is 0.960. The summed E-state index contributed by atoms with van der Waals surface area (Å²) in [6, 6.07) is 8.33. The van der Waals surface area contributed by atoms with E-state index in [2.05, 4.69) is 41.2 Å². The van der Waals surface area contributed by atoms with E-state index >= 15 is 0 Å². The minimum absolute atomic E-state index is 0.243. The first-order valence-corrected chi connectivity index (χ1v) is 7.23. The van der Waals surface area contributed by atoms with Gasteiger partial charge in [0.05, 0.1) is 23.3 Å². The van der Waals surface area contributed by atoms with Gasteiger partial charge in [-0.2, -0.15) is 5.10 Å². The minimum Gasteiger partial charge on any atom is -0.341 e. The zero-order valence-electron chi connectivity index (χ0n) is 12.9. The number of para-hydroxylation sites is 2. The van der Waals surface area contributed by atoms with Crippen molar-refractivity contribution in [3.8, 4) is 0 Å². The largest absolute Gasteiger partial charge is 0.341 e. The average molecular weight is 283 g/mol. The predicted octanol–water partition coefficient (Wildman–Crippen LogP) is 2.76. The summed E-state index contributed by atoms with van der Waals surface area (Å²) in [6.45, 7) is 7.04. The average Bonchev–Trinajstić information content (AvgIpc) is 2.97. The summed E-state index contributed by atoms with van der Waals surface area (Å²) >= 11 is 0. The summed E-state index contributed by atoms with van der Waals surface area (Å²) < 4.78 is 1.93. The maximum atomic E-state index is 4.59. The Balaban J connectivity index is 1.74. The Morgan fingerprint density at radius 1 is 1.29 bits per heavy atom. The van der Waals surface area contributed by atoms with E-state index < -0.39 is 0 Å². The van der Waals surface area contributed by atoms with Gasteiger partial charge in [-0.15, -0.1) is 0 Å². The van der Waals surface area contributed by atoms with Crippen molar-refractivity contribution in [1.82, 2.24) is 25.1 Å². The molecule has 0 fully saturated rings. The minimum atomic E-state index is 0.243. The Labute approximate surface area is 124 Å². The quantitative estimate of drug-likeness (QED) is 0.774. The van der Waals surface area contributed by atoms with Crippen LogP contribution in [0.15, 0.2) is 24.3 Å². The van der Waals surface area contributed by atoms with E-state index in [1.165, 1.54) is 11.3 Å². The Hall–Kier alpha value is -2.14. The molecular formula is C16H21N5. The lowest BCUT2D eigenvalue weighted by Crippen LogP contribution is -2.20. The molecule has 1 atom stereocenters. The fourth-order valence-electron chi connectivity index (χ4n) is 2.86. The van der Waals surface area contributed by atoms with Gasteiger partial charge in [0.25, 0.3) is 0 Å². The van der Waals surface area contributed by atoms with E-state index in [1.54, 1.807) is 0 Å². The van der Waals surface area contributed by atoms with Gasteiger partial charge in [-0.25, -0.2) is 4.98 Å². The van der Waals surface area contributed by atoms with Gasteiger partial charge in [-0.1, -0.05) is 12.1 Å². The highest BCUT2D eigenvalue weighted by molar-refractivity contribution is 5.74. The zero-order chi connectivity index (χ0) is 15.0. The molecule has 21 heavy (non-hydrogen) atoms. The Morgan fingerprint density at radius 2 is 2.05 bits per heavy atom. The second-order valence-electron chi connectivity index (χ2n) is 5.51. The lowest BCUT2D eigenvalue weighted by Gasteiger charge is -2.13. The molecule has 5 nitrogen and oxygen atoms in total. The maximum Gasteiger partial charge on any atom is 0.121 e. The first-order chi connectivity index (χ1) is 10.1. The van der Waals surface area contributed by atoms with Crippen LogP contribution in [-0.4, -0.2) is 19.7 Å². The molecule has 5 heteroatoms. The molecular weight excluding hydrogens is 262 g/mol. The zero-order valence-corrected chi connectivity index (χ0v) is 12.9. The van der Waals surface area contributed by atoms with Crippen molar-refractivity contribution in [2.75, 3.05) is 0 Å². The van der Waals surface area contributed by atoms with Crippen molar-refractivity contribution < 1.29 is 0 Å². The number of imidazole rings is 1. The van der Waals surface area contributed by atoms with Crippen molar-refractivity contribution in [3.63, 3.8) is 0 Å². The maximum absolute atomic E-state index is 4.59. The van der Waals surface area contributed by atoms with Crippen molar-refractivity contribution in [1.29, 1.82) is 0 Å². The molecule has 2 aromatic heterocycles. The monoisotopic (exact) mass is 283 g/mol. The van der Waals surface area contributed by atoms with Gasteiger partial charge < -0.3 is 10.3 Å². The van der Waals surface area contributed by atoms with Crippen LogP contribution in [0, 0.1) is 13.8 Å². The molecule has 3 aromatic rings. The summed E-state index contributed by atoms with van der Waals surface area (Å²) in [6.07, 6.45) is 0. The molecule has 0 aliphatic carbocycles. The van der Waals surface area contributed by atoms with Gasteiger partial charge in [0, 0.05) is 24.3 Å². The van der Waals surface area contributed by atoms with Crippen LogP contribution in [0.4, 0.5) is 0 Å². The SMILES string of the molecule is Cc1nn(C)c(C)c1C(C)NCc1nc2ccccc2[nH]1. The van der Waals surface area contributed by atoms with Crippen molar-refractivity contribution in [2.24, 2.45) is 7.05 Å². The molecule has 2 heterocycles. The van der Waals surface area contributed by atoms with Crippen LogP contribution in [0.25, 0.3) is 11.0 Å². The molecule has 0 aliphatic heterocycles. The van der Waals surface area contributed by atoms with Gasteiger partial charge in [-0.3, -0.25) is 4.68 Å². The van der Waals surface area contributed by atoms with E-state index in [0.29, 0.717) is 6.54 Å². The van der Waals surface area contributed by atoms with E-state index in [4.69, 9.17) is 0 Å². The molecule has 0 saturated carbocycles. The van der Waals surface area contributed by atoms with Crippen LogP contribution < -0.4 is 5.32 Å². The molecule has 0 amide bonds. The number of aryl methyl sites for hydroxylation is 2. The third-order valence-electron chi connectivity index (χ3n) is 4.01.